The van der Waals surface area contributed by atoms with Gasteiger partial charge in [-0.3, -0.25) is 9.59 Å². The highest BCUT2D eigenvalue weighted by molar-refractivity contribution is 5.97. The molecule has 0 bridgehead atoms. The average Bonchev–Trinajstić information content (AvgIpc) is 2.54. The predicted octanol–water partition coefficient (Wildman–Crippen LogP) is 1.11. The van der Waals surface area contributed by atoms with Gasteiger partial charge in [-0.2, -0.15) is 0 Å². The summed E-state index contributed by atoms with van der Waals surface area (Å²) in [5.41, 5.74) is 6.24. The summed E-state index contributed by atoms with van der Waals surface area (Å²) in [5, 5.41) is 0. The average molecular weight is 319 g/mol. The number of nitrogens with two attached hydrogens (primary N) is 1. The van der Waals surface area contributed by atoms with Gasteiger partial charge < -0.3 is 20.3 Å². The third-order valence-electron chi connectivity index (χ3n) is 3.83. The number of benzene rings is 1. The van der Waals surface area contributed by atoms with Gasteiger partial charge in [0.05, 0.1) is 12.2 Å². The standard InChI is InChI=1S/C17H25N3O3/c1-3-23-15-7-5-4-6-14(15)17(22)20-10-8-19(9-11-20)16(21)12-13(2)18/h4-7,13H,3,8-12,18H2,1-2H3. The van der Waals surface area contributed by atoms with E-state index in [1.165, 1.54) is 0 Å². The highest BCUT2D eigenvalue weighted by Crippen LogP contribution is 2.20. The molecule has 0 aliphatic carbocycles. The lowest BCUT2D eigenvalue weighted by Gasteiger charge is -2.35. The lowest BCUT2D eigenvalue weighted by Crippen LogP contribution is -2.51. The first-order valence-corrected chi connectivity index (χ1v) is 8.07. The molecule has 1 fully saturated rings. The van der Waals surface area contributed by atoms with E-state index < -0.39 is 0 Å². The van der Waals surface area contributed by atoms with Crippen molar-refractivity contribution in [2.45, 2.75) is 26.3 Å². The maximum absolute atomic E-state index is 12.7. The third-order valence-corrected chi connectivity index (χ3v) is 3.83. The summed E-state index contributed by atoms with van der Waals surface area (Å²) in [7, 11) is 0. The van der Waals surface area contributed by atoms with Crippen molar-refractivity contribution >= 4 is 11.8 Å². The zero-order chi connectivity index (χ0) is 16.8. The van der Waals surface area contributed by atoms with Crippen molar-refractivity contribution in [3.8, 4) is 5.75 Å². The summed E-state index contributed by atoms with van der Waals surface area (Å²) in [6.45, 7) is 6.40. The van der Waals surface area contributed by atoms with E-state index in [0.29, 0.717) is 50.5 Å². The Bertz CT molecular complexity index is 552. The van der Waals surface area contributed by atoms with Crippen molar-refractivity contribution in [2.24, 2.45) is 5.73 Å². The van der Waals surface area contributed by atoms with Crippen LogP contribution in [0.3, 0.4) is 0 Å². The van der Waals surface area contributed by atoms with Gasteiger partial charge in [-0.1, -0.05) is 12.1 Å². The molecule has 126 valence electrons. The van der Waals surface area contributed by atoms with Crippen LogP contribution in [0.25, 0.3) is 0 Å². The van der Waals surface area contributed by atoms with Crippen LogP contribution in [0.4, 0.5) is 0 Å². The molecule has 2 amide bonds. The van der Waals surface area contributed by atoms with Crippen molar-refractivity contribution < 1.29 is 14.3 Å². The van der Waals surface area contributed by atoms with Crippen LogP contribution in [0.1, 0.15) is 30.6 Å². The SMILES string of the molecule is CCOc1ccccc1C(=O)N1CCN(C(=O)CC(C)N)CC1. The molecule has 0 aromatic heterocycles. The molecule has 1 atom stereocenters. The third kappa shape index (κ3) is 4.45. The number of piperazine rings is 1. The summed E-state index contributed by atoms with van der Waals surface area (Å²) in [4.78, 5) is 28.2. The predicted molar refractivity (Wildman–Crippen MR) is 88.4 cm³/mol. The fourth-order valence-electron chi connectivity index (χ4n) is 2.66. The summed E-state index contributed by atoms with van der Waals surface area (Å²) >= 11 is 0. The lowest BCUT2D eigenvalue weighted by molar-refractivity contribution is -0.132. The maximum atomic E-state index is 12.7. The Morgan fingerprint density at radius 1 is 1.17 bits per heavy atom. The van der Waals surface area contributed by atoms with Gasteiger partial charge in [-0.25, -0.2) is 0 Å². The van der Waals surface area contributed by atoms with Gasteiger partial charge in [0.25, 0.3) is 5.91 Å². The van der Waals surface area contributed by atoms with E-state index in [1.54, 1.807) is 21.9 Å². The molecule has 1 aromatic carbocycles. The van der Waals surface area contributed by atoms with Crippen molar-refractivity contribution in [3.05, 3.63) is 29.8 Å². The molecular weight excluding hydrogens is 294 g/mol. The van der Waals surface area contributed by atoms with Gasteiger partial charge in [0, 0.05) is 38.6 Å². The monoisotopic (exact) mass is 319 g/mol. The number of hydrogen-bond acceptors (Lipinski definition) is 4. The first-order chi connectivity index (χ1) is 11.0. The molecule has 0 radical (unpaired) electrons. The van der Waals surface area contributed by atoms with E-state index in [0.717, 1.165) is 0 Å². The molecule has 6 heteroatoms. The molecule has 1 heterocycles. The fraction of sp³-hybridized carbons (Fsp3) is 0.529. The Balaban J connectivity index is 1.97. The number of rotatable bonds is 5. The minimum Gasteiger partial charge on any atom is -0.493 e. The second-order valence-corrected chi connectivity index (χ2v) is 5.78. The van der Waals surface area contributed by atoms with Crippen LogP contribution in [-0.4, -0.2) is 60.4 Å². The minimum atomic E-state index is -0.139. The summed E-state index contributed by atoms with van der Waals surface area (Å²) < 4.78 is 5.53. The molecule has 1 aromatic rings. The van der Waals surface area contributed by atoms with E-state index in [2.05, 4.69) is 0 Å². The van der Waals surface area contributed by atoms with Gasteiger partial charge in [-0.15, -0.1) is 0 Å². The molecule has 2 N–H and O–H groups in total. The van der Waals surface area contributed by atoms with E-state index in [-0.39, 0.29) is 17.9 Å². The molecule has 0 saturated carbocycles. The molecule has 1 saturated heterocycles. The van der Waals surface area contributed by atoms with Gasteiger partial charge in [0.1, 0.15) is 5.75 Å². The molecule has 1 unspecified atom stereocenters. The number of carbonyl (C=O) groups is 2. The Kier molecular flexibility index (Phi) is 5.98. The van der Waals surface area contributed by atoms with Gasteiger partial charge in [0.2, 0.25) is 5.91 Å². The largest absolute Gasteiger partial charge is 0.493 e. The van der Waals surface area contributed by atoms with E-state index in [1.807, 2.05) is 26.0 Å². The molecule has 1 aliphatic heterocycles. The van der Waals surface area contributed by atoms with Crippen LogP contribution in [0.15, 0.2) is 24.3 Å². The van der Waals surface area contributed by atoms with Gasteiger partial charge in [0.15, 0.2) is 0 Å². The van der Waals surface area contributed by atoms with Crippen LogP contribution < -0.4 is 10.5 Å². The smallest absolute Gasteiger partial charge is 0.257 e. The molecule has 2 rings (SSSR count). The van der Waals surface area contributed by atoms with Gasteiger partial charge in [-0.05, 0) is 26.0 Å². The molecule has 6 nitrogen and oxygen atoms in total. The van der Waals surface area contributed by atoms with E-state index >= 15 is 0 Å². The number of ether oxygens (including phenoxy) is 1. The first-order valence-electron chi connectivity index (χ1n) is 8.07. The summed E-state index contributed by atoms with van der Waals surface area (Å²) in [5.74, 6) is 0.616. The van der Waals surface area contributed by atoms with Crippen molar-refractivity contribution in [1.29, 1.82) is 0 Å². The Morgan fingerprint density at radius 3 is 2.39 bits per heavy atom. The van der Waals surface area contributed by atoms with E-state index in [9.17, 15) is 9.59 Å². The summed E-state index contributed by atoms with van der Waals surface area (Å²) in [6, 6.07) is 7.13. The number of carbonyl (C=O) groups excluding carboxylic acids is 2. The van der Waals surface area contributed by atoms with Crippen LogP contribution >= 0.6 is 0 Å². The fourth-order valence-corrected chi connectivity index (χ4v) is 2.66. The number of hydrogen-bond donors (Lipinski definition) is 1. The molecule has 1 aliphatic rings. The van der Waals surface area contributed by atoms with Crippen molar-refractivity contribution in [3.63, 3.8) is 0 Å². The molecule has 0 spiro atoms. The Hall–Kier alpha value is -2.08. The second-order valence-electron chi connectivity index (χ2n) is 5.78. The number of amides is 2. The number of para-hydroxylation sites is 1. The van der Waals surface area contributed by atoms with Crippen molar-refractivity contribution in [1.82, 2.24) is 9.80 Å². The minimum absolute atomic E-state index is 0.0478. The van der Waals surface area contributed by atoms with Crippen LogP contribution in [0, 0.1) is 0 Å². The quantitative estimate of drug-likeness (QED) is 0.882. The topological polar surface area (TPSA) is 75.9 Å². The zero-order valence-corrected chi connectivity index (χ0v) is 13.8. The van der Waals surface area contributed by atoms with Crippen LogP contribution in [-0.2, 0) is 4.79 Å². The van der Waals surface area contributed by atoms with E-state index in [4.69, 9.17) is 10.5 Å². The second kappa shape index (κ2) is 7.97. The molecule has 23 heavy (non-hydrogen) atoms. The zero-order valence-electron chi connectivity index (χ0n) is 13.8. The summed E-state index contributed by atoms with van der Waals surface area (Å²) in [6.07, 6.45) is 0.348. The number of nitrogens with zero attached hydrogens (tertiary/aromatic N) is 2. The first kappa shape index (κ1) is 17.3. The lowest BCUT2D eigenvalue weighted by atomic mass is 10.1. The van der Waals surface area contributed by atoms with Crippen molar-refractivity contribution in [2.75, 3.05) is 32.8 Å². The Labute approximate surface area is 137 Å². The van der Waals surface area contributed by atoms with Gasteiger partial charge >= 0.3 is 0 Å². The van der Waals surface area contributed by atoms with Crippen LogP contribution in [0.5, 0.6) is 5.75 Å². The van der Waals surface area contributed by atoms with Crippen LogP contribution in [0.2, 0.25) is 0 Å². The maximum Gasteiger partial charge on any atom is 0.257 e. The normalized spacial score (nSPS) is 16.1. The highest BCUT2D eigenvalue weighted by Gasteiger charge is 2.26. The molecular formula is C17H25N3O3. The highest BCUT2D eigenvalue weighted by atomic mass is 16.5. The Morgan fingerprint density at radius 2 is 1.78 bits per heavy atom.